The van der Waals surface area contributed by atoms with E-state index >= 15 is 0 Å². The van der Waals surface area contributed by atoms with Crippen molar-refractivity contribution in [3.05, 3.63) is 29.8 Å². The van der Waals surface area contributed by atoms with Crippen LogP contribution < -0.4 is 4.74 Å². The molecule has 92 valence electrons. The van der Waals surface area contributed by atoms with Crippen LogP contribution in [0.4, 0.5) is 0 Å². The van der Waals surface area contributed by atoms with Gasteiger partial charge >= 0.3 is 0 Å². The van der Waals surface area contributed by atoms with E-state index in [4.69, 9.17) is 4.74 Å². The Labute approximate surface area is 104 Å². The van der Waals surface area contributed by atoms with Crippen LogP contribution >= 0.6 is 0 Å². The van der Waals surface area contributed by atoms with E-state index in [0.717, 1.165) is 25.0 Å². The molecule has 0 aliphatic heterocycles. The molecular formula is C15H20O2. The number of aliphatic hydroxyl groups excluding tert-OH is 1. The summed E-state index contributed by atoms with van der Waals surface area (Å²) in [5.74, 6) is 6.67. The van der Waals surface area contributed by atoms with Crippen LogP contribution in [0, 0.1) is 11.8 Å². The number of benzene rings is 1. The van der Waals surface area contributed by atoms with Crippen LogP contribution in [0.2, 0.25) is 0 Å². The standard InChI is InChI=1S/C15H20O2/c1-3-4-5-12-17-15-10-8-14(9-11-15)7-6-13(2)16/h8-11,13,16H,5-7,12H2,1-2H3. The smallest absolute Gasteiger partial charge is 0.119 e. The zero-order chi connectivity index (χ0) is 12.5. The minimum atomic E-state index is -0.237. The average molecular weight is 232 g/mol. The topological polar surface area (TPSA) is 29.5 Å². The molecule has 1 aromatic rings. The molecule has 0 bridgehead atoms. The second-order valence-corrected chi connectivity index (χ2v) is 4.06. The Bertz CT molecular complexity index is 368. The van der Waals surface area contributed by atoms with Crippen LogP contribution in [0.1, 0.15) is 32.3 Å². The lowest BCUT2D eigenvalue weighted by Gasteiger charge is -2.06. The summed E-state index contributed by atoms with van der Waals surface area (Å²) in [6.45, 7) is 4.27. The summed E-state index contributed by atoms with van der Waals surface area (Å²) >= 11 is 0. The van der Waals surface area contributed by atoms with Crippen molar-refractivity contribution >= 4 is 0 Å². The summed E-state index contributed by atoms with van der Waals surface area (Å²) in [4.78, 5) is 0. The van der Waals surface area contributed by atoms with Gasteiger partial charge in [-0.25, -0.2) is 0 Å². The highest BCUT2D eigenvalue weighted by Gasteiger charge is 1.98. The van der Waals surface area contributed by atoms with Crippen molar-refractivity contribution in [3.8, 4) is 17.6 Å². The van der Waals surface area contributed by atoms with Crippen molar-refractivity contribution in [3.63, 3.8) is 0 Å². The molecule has 0 fully saturated rings. The van der Waals surface area contributed by atoms with Gasteiger partial charge < -0.3 is 9.84 Å². The highest BCUT2D eigenvalue weighted by Crippen LogP contribution is 2.14. The van der Waals surface area contributed by atoms with E-state index in [0.29, 0.717) is 6.61 Å². The van der Waals surface area contributed by atoms with Gasteiger partial charge in [-0.2, -0.15) is 0 Å². The minimum absolute atomic E-state index is 0.237. The molecule has 0 radical (unpaired) electrons. The highest BCUT2D eigenvalue weighted by atomic mass is 16.5. The molecule has 0 spiro atoms. The lowest BCUT2D eigenvalue weighted by atomic mass is 10.1. The average Bonchev–Trinajstić information content (AvgIpc) is 2.33. The van der Waals surface area contributed by atoms with Gasteiger partial charge in [-0.3, -0.25) is 0 Å². The van der Waals surface area contributed by atoms with Crippen LogP contribution in [0.5, 0.6) is 5.75 Å². The second kappa shape index (κ2) is 7.76. The minimum Gasteiger partial charge on any atom is -0.493 e. The Kier molecular flexibility index (Phi) is 6.21. The maximum atomic E-state index is 9.20. The van der Waals surface area contributed by atoms with Gasteiger partial charge in [-0.15, -0.1) is 11.8 Å². The lowest BCUT2D eigenvalue weighted by molar-refractivity contribution is 0.185. The summed E-state index contributed by atoms with van der Waals surface area (Å²) in [7, 11) is 0. The number of hydrogen-bond donors (Lipinski definition) is 1. The summed E-state index contributed by atoms with van der Waals surface area (Å²) in [5, 5.41) is 9.20. The van der Waals surface area contributed by atoms with Crippen molar-refractivity contribution in [1.29, 1.82) is 0 Å². The molecule has 1 atom stereocenters. The van der Waals surface area contributed by atoms with E-state index in [2.05, 4.69) is 11.8 Å². The molecule has 0 aromatic heterocycles. The van der Waals surface area contributed by atoms with Gasteiger partial charge in [0.1, 0.15) is 5.75 Å². The molecule has 0 heterocycles. The highest BCUT2D eigenvalue weighted by molar-refractivity contribution is 5.27. The fraction of sp³-hybridized carbons (Fsp3) is 0.467. The van der Waals surface area contributed by atoms with Crippen LogP contribution in [-0.2, 0) is 6.42 Å². The first-order valence-electron chi connectivity index (χ1n) is 6.02. The summed E-state index contributed by atoms with van der Waals surface area (Å²) in [6, 6.07) is 8.03. The van der Waals surface area contributed by atoms with Gasteiger partial charge in [0.15, 0.2) is 0 Å². The van der Waals surface area contributed by atoms with Gasteiger partial charge in [0, 0.05) is 6.42 Å². The summed E-state index contributed by atoms with van der Waals surface area (Å²) < 4.78 is 5.54. The fourth-order valence-corrected chi connectivity index (χ4v) is 1.47. The maximum absolute atomic E-state index is 9.20. The van der Waals surface area contributed by atoms with E-state index in [1.807, 2.05) is 38.1 Å². The zero-order valence-electron chi connectivity index (χ0n) is 10.6. The van der Waals surface area contributed by atoms with E-state index in [9.17, 15) is 5.11 Å². The molecule has 0 saturated carbocycles. The van der Waals surface area contributed by atoms with Crippen molar-refractivity contribution in [2.24, 2.45) is 0 Å². The molecule has 1 rings (SSSR count). The van der Waals surface area contributed by atoms with Gasteiger partial charge in [0.2, 0.25) is 0 Å². The van der Waals surface area contributed by atoms with Crippen molar-refractivity contribution in [2.75, 3.05) is 6.61 Å². The first kappa shape index (κ1) is 13.6. The monoisotopic (exact) mass is 232 g/mol. The predicted octanol–water partition coefficient (Wildman–Crippen LogP) is 2.79. The molecule has 0 aliphatic rings. The molecule has 1 unspecified atom stereocenters. The first-order chi connectivity index (χ1) is 8.22. The molecular weight excluding hydrogens is 212 g/mol. The van der Waals surface area contributed by atoms with Crippen LogP contribution in [0.15, 0.2) is 24.3 Å². The van der Waals surface area contributed by atoms with Crippen molar-refractivity contribution in [2.45, 2.75) is 39.2 Å². The Balaban J connectivity index is 2.35. The van der Waals surface area contributed by atoms with Crippen molar-refractivity contribution < 1.29 is 9.84 Å². The fourth-order valence-electron chi connectivity index (χ4n) is 1.47. The molecule has 0 amide bonds. The SMILES string of the molecule is CC#CCCOc1ccc(CCC(C)O)cc1. The molecule has 0 aliphatic carbocycles. The number of ether oxygens (including phenoxy) is 1. The maximum Gasteiger partial charge on any atom is 0.119 e. The summed E-state index contributed by atoms with van der Waals surface area (Å²) in [6.07, 6.45) is 2.23. The quantitative estimate of drug-likeness (QED) is 0.603. The van der Waals surface area contributed by atoms with E-state index < -0.39 is 0 Å². The first-order valence-corrected chi connectivity index (χ1v) is 6.02. The zero-order valence-corrected chi connectivity index (χ0v) is 10.6. The summed E-state index contributed by atoms with van der Waals surface area (Å²) in [5.41, 5.74) is 1.23. The number of hydrogen-bond acceptors (Lipinski definition) is 2. The largest absolute Gasteiger partial charge is 0.493 e. The third-order valence-corrected chi connectivity index (χ3v) is 2.45. The Morgan fingerprint density at radius 2 is 2.00 bits per heavy atom. The molecule has 2 nitrogen and oxygen atoms in total. The second-order valence-electron chi connectivity index (χ2n) is 4.06. The molecule has 0 saturated heterocycles. The van der Waals surface area contributed by atoms with Crippen LogP contribution in [0.3, 0.4) is 0 Å². The van der Waals surface area contributed by atoms with Crippen LogP contribution in [-0.4, -0.2) is 17.8 Å². The Hall–Kier alpha value is -1.46. The third-order valence-electron chi connectivity index (χ3n) is 2.45. The van der Waals surface area contributed by atoms with Gasteiger partial charge in [-0.05, 0) is 44.4 Å². The Morgan fingerprint density at radius 1 is 1.29 bits per heavy atom. The number of aryl methyl sites for hydroxylation is 1. The third kappa shape index (κ3) is 5.99. The Morgan fingerprint density at radius 3 is 2.59 bits per heavy atom. The molecule has 1 N–H and O–H groups in total. The van der Waals surface area contributed by atoms with Crippen LogP contribution in [0.25, 0.3) is 0 Å². The van der Waals surface area contributed by atoms with E-state index in [-0.39, 0.29) is 6.10 Å². The predicted molar refractivity (Wildman–Crippen MR) is 70.0 cm³/mol. The molecule has 17 heavy (non-hydrogen) atoms. The van der Waals surface area contributed by atoms with E-state index in [1.54, 1.807) is 0 Å². The number of rotatable bonds is 6. The van der Waals surface area contributed by atoms with Gasteiger partial charge in [-0.1, -0.05) is 12.1 Å². The van der Waals surface area contributed by atoms with Gasteiger partial charge in [0.25, 0.3) is 0 Å². The molecule has 1 aromatic carbocycles. The van der Waals surface area contributed by atoms with E-state index in [1.165, 1.54) is 5.56 Å². The molecule has 2 heteroatoms. The normalized spacial score (nSPS) is 11.5. The lowest BCUT2D eigenvalue weighted by Crippen LogP contribution is -2.01. The van der Waals surface area contributed by atoms with Gasteiger partial charge in [0.05, 0.1) is 12.7 Å². The van der Waals surface area contributed by atoms with Crippen molar-refractivity contribution in [1.82, 2.24) is 0 Å². The number of aliphatic hydroxyl groups is 1.